The van der Waals surface area contributed by atoms with Crippen molar-refractivity contribution in [2.75, 3.05) is 6.79 Å². The van der Waals surface area contributed by atoms with E-state index < -0.39 is 5.97 Å². The van der Waals surface area contributed by atoms with E-state index in [1.165, 1.54) is 12.1 Å². The first kappa shape index (κ1) is 16.3. The lowest BCUT2D eigenvalue weighted by Crippen LogP contribution is -2.05. The van der Waals surface area contributed by atoms with Gasteiger partial charge in [-0.25, -0.2) is 14.2 Å². The fourth-order valence-corrected chi connectivity index (χ4v) is 2.93. The number of carbonyl (C=O) groups excluding carboxylic acids is 1. The summed E-state index contributed by atoms with van der Waals surface area (Å²) in [5, 5.41) is 0. The molecule has 0 saturated carbocycles. The third-order valence-electron chi connectivity index (χ3n) is 4.29. The number of halogens is 1. The van der Waals surface area contributed by atoms with Crippen LogP contribution in [-0.2, 0) is 9.53 Å². The van der Waals surface area contributed by atoms with Crippen molar-refractivity contribution in [1.29, 1.82) is 0 Å². The van der Waals surface area contributed by atoms with Crippen molar-refractivity contribution < 1.29 is 27.8 Å². The van der Waals surface area contributed by atoms with Crippen molar-refractivity contribution in [1.82, 2.24) is 0 Å². The zero-order chi connectivity index (χ0) is 19.1. The van der Waals surface area contributed by atoms with Crippen LogP contribution in [0.15, 0.2) is 69.7 Å². The molecule has 138 valence electrons. The lowest BCUT2D eigenvalue weighted by molar-refractivity contribution is -0.129. The quantitative estimate of drug-likeness (QED) is 0.506. The van der Waals surface area contributed by atoms with E-state index in [9.17, 15) is 9.18 Å². The predicted molar refractivity (Wildman–Crippen MR) is 97.3 cm³/mol. The molecule has 0 unspecified atom stereocenters. The maximum Gasteiger partial charge on any atom is 0.363 e. The number of hydrogen-bond acceptors (Lipinski definition) is 6. The van der Waals surface area contributed by atoms with Gasteiger partial charge in [-0.15, -0.1) is 0 Å². The fourth-order valence-electron chi connectivity index (χ4n) is 2.93. The van der Waals surface area contributed by atoms with E-state index in [1.54, 1.807) is 48.5 Å². The maximum atomic E-state index is 13.9. The van der Waals surface area contributed by atoms with E-state index in [0.717, 1.165) is 0 Å². The molecular weight excluding hydrogens is 365 g/mol. The normalized spacial score (nSPS) is 16.4. The first-order valence-corrected chi connectivity index (χ1v) is 8.45. The summed E-state index contributed by atoms with van der Waals surface area (Å²) in [6, 6.07) is 14.7. The van der Waals surface area contributed by atoms with Crippen LogP contribution in [0.2, 0.25) is 0 Å². The summed E-state index contributed by atoms with van der Waals surface area (Å²) < 4.78 is 35.4. The van der Waals surface area contributed by atoms with Crippen LogP contribution < -0.4 is 9.47 Å². The summed E-state index contributed by atoms with van der Waals surface area (Å²) >= 11 is 0. The predicted octanol–water partition coefficient (Wildman–Crippen LogP) is 4.16. The maximum absolute atomic E-state index is 13.9. The Balaban J connectivity index is 1.44. The lowest BCUT2D eigenvalue weighted by atomic mass is 10.1. The smallest absolute Gasteiger partial charge is 0.363 e. The molecule has 0 N–H and O–H groups in total. The molecular formula is C21H12FNO5. The van der Waals surface area contributed by atoms with Gasteiger partial charge in [0.15, 0.2) is 17.2 Å². The highest BCUT2D eigenvalue weighted by atomic mass is 19.1. The monoisotopic (exact) mass is 377 g/mol. The van der Waals surface area contributed by atoms with Gasteiger partial charge in [0.1, 0.15) is 17.3 Å². The number of ether oxygens (including phenoxy) is 3. The number of fused-ring (bicyclic) bond motifs is 1. The van der Waals surface area contributed by atoms with Gasteiger partial charge in [0.25, 0.3) is 0 Å². The number of aliphatic imine (C=N–C) groups is 1. The fraction of sp³-hybridized carbons (Fsp3) is 0.0476. The minimum atomic E-state index is -0.600. The molecule has 0 fully saturated rings. The van der Waals surface area contributed by atoms with Gasteiger partial charge < -0.3 is 18.6 Å². The number of furan rings is 1. The van der Waals surface area contributed by atoms with Crippen LogP contribution in [0.5, 0.6) is 11.5 Å². The van der Waals surface area contributed by atoms with E-state index in [2.05, 4.69) is 4.99 Å². The zero-order valence-electron chi connectivity index (χ0n) is 14.3. The second kappa shape index (κ2) is 6.38. The second-order valence-electron chi connectivity index (χ2n) is 6.09. The molecule has 5 rings (SSSR count). The number of cyclic esters (lactones) is 1. The molecule has 0 aliphatic carbocycles. The molecule has 28 heavy (non-hydrogen) atoms. The molecule has 0 amide bonds. The van der Waals surface area contributed by atoms with Gasteiger partial charge in [0.05, 0.1) is 5.56 Å². The summed E-state index contributed by atoms with van der Waals surface area (Å²) in [6.45, 7) is 0.152. The molecule has 0 bridgehead atoms. The molecule has 0 saturated heterocycles. The van der Waals surface area contributed by atoms with Gasteiger partial charge in [-0.2, -0.15) is 0 Å². The van der Waals surface area contributed by atoms with E-state index in [1.807, 2.05) is 0 Å². The Kier molecular flexibility index (Phi) is 3.72. The molecule has 1 aromatic heterocycles. The summed E-state index contributed by atoms with van der Waals surface area (Å²) in [5.41, 5.74) is 1.01. The van der Waals surface area contributed by atoms with Crippen molar-refractivity contribution in [2.45, 2.75) is 0 Å². The first-order chi connectivity index (χ1) is 13.7. The van der Waals surface area contributed by atoms with Gasteiger partial charge >= 0.3 is 5.97 Å². The van der Waals surface area contributed by atoms with Gasteiger partial charge in [0, 0.05) is 11.6 Å². The topological polar surface area (TPSA) is 70.3 Å². The van der Waals surface area contributed by atoms with Crippen LogP contribution in [-0.4, -0.2) is 18.7 Å². The van der Waals surface area contributed by atoms with Gasteiger partial charge in [0.2, 0.25) is 12.7 Å². The number of nitrogens with zero attached hydrogens (tertiary/aromatic N) is 1. The molecule has 2 aromatic carbocycles. The molecule has 7 heteroatoms. The number of carbonyl (C=O) groups is 1. The molecule has 3 heterocycles. The molecule has 0 atom stereocenters. The van der Waals surface area contributed by atoms with Gasteiger partial charge in [-0.3, -0.25) is 0 Å². The van der Waals surface area contributed by atoms with Crippen molar-refractivity contribution in [3.8, 4) is 22.8 Å². The SMILES string of the molecule is O=C1OC(c2ccc3c(c2)OCO3)=N/C1=C\c1ccc(-c2ccccc2F)o1. The third kappa shape index (κ3) is 2.83. The molecule has 3 aromatic rings. The van der Waals surface area contributed by atoms with Crippen LogP contribution in [0.1, 0.15) is 11.3 Å². The van der Waals surface area contributed by atoms with E-state index in [4.69, 9.17) is 18.6 Å². The zero-order valence-corrected chi connectivity index (χ0v) is 14.3. The molecule has 2 aliphatic rings. The molecule has 2 aliphatic heterocycles. The van der Waals surface area contributed by atoms with Crippen molar-refractivity contribution >= 4 is 17.9 Å². The Morgan fingerprint density at radius 2 is 1.86 bits per heavy atom. The minimum Gasteiger partial charge on any atom is -0.457 e. The second-order valence-corrected chi connectivity index (χ2v) is 6.09. The Hall–Kier alpha value is -3.87. The van der Waals surface area contributed by atoms with E-state index >= 15 is 0 Å². The summed E-state index contributed by atoms with van der Waals surface area (Å²) in [4.78, 5) is 16.4. The minimum absolute atomic E-state index is 0.0853. The summed E-state index contributed by atoms with van der Waals surface area (Å²) in [6.07, 6.45) is 1.45. The Morgan fingerprint density at radius 1 is 1.00 bits per heavy atom. The van der Waals surface area contributed by atoms with Gasteiger partial charge in [-0.1, -0.05) is 12.1 Å². The number of rotatable bonds is 3. The third-order valence-corrected chi connectivity index (χ3v) is 4.29. The van der Waals surface area contributed by atoms with Crippen molar-refractivity contribution in [3.63, 3.8) is 0 Å². The standard InChI is InChI=1S/C21H12FNO5/c22-15-4-2-1-3-14(15)17-8-6-13(27-17)10-16-21(24)28-20(23-16)12-5-7-18-19(9-12)26-11-25-18/h1-10H,11H2/b16-10-. The van der Waals surface area contributed by atoms with Crippen LogP contribution in [0.4, 0.5) is 4.39 Å². The first-order valence-electron chi connectivity index (χ1n) is 8.45. The number of benzene rings is 2. The highest BCUT2D eigenvalue weighted by Crippen LogP contribution is 2.34. The van der Waals surface area contributed by atoms with Crippen LogP contribution >= 0.6 is 0 Å². The average molecular weight is 377 g/mol. The van der Waals surface area contributed by atoms with Crippen molar-refractivity contribution in [2.24, 2.45) is 4.99 Å². The van der Waals surface area contributed by atoms with Crippen LogP contribution in [0, 0.1) is 5.82 Å². The summed E-state index contributed by atoms with van der Waals surface area (Å²) in [5.74, 6) is 1.08. The van der Waals surface area contributed by atoms with Crippen LogP contribution in [0.3, 0.4) is 0 Å². The Labute approximate surface area is 158 Å². The largest absolute Gasteiger partial charge is 0.457 e. The number of esters is 1. The molecule has 6 nitrogen and oxygen atoms in total. The van der Waals surface area contributed by atoms with E-state index in [0.29, 0.717) is 34.1 Å². The van der Waals surface area contributed by atoms with Crippen LogP contribution in [0.25, 0.3) is 17.4 Å². The van der Waals surface area contributed by atoms with Crippen molar-refractivity contribution in [3.05, 3.63) is 77.4 Å². The number of hydrogen-bond donors (Lipinski definition) is 0. The molecule has 0 radical (unpaired) electrons. The van der Waals surface area contributed by atoms with Gasteiger partial charge in [-0.05, 0) is 42.5 Å². The average Bonchev–Trinajstić information content (AvgIpc) is 3.42. The summed E-state index contributed by atoms with van der Waals surface area (Å²) in [7, 11) is 0. The highest BCUT2D eigenvalue weighted by Gasteiger charge is 2.26. The Morgan fingerprint density at radius 3 is 2.75 bits per heavy atom. The Bertz CT molecular complexity index is 1160. The highest BCUT2D eigenvalue weighted by molar-refractivity contribution is 6.13. The molecule has 0 spiro atoms. The lowest BCUT2D eigenvalue weighted by Gasteiger charge is -2.01. The van der Waals surface area contributed by atoms with E-state index in [-0.39, 0.29) is 24.2 Å².